The van der Waals surface area contributed by atoms with Crippen LogP contribution >= 0.6 is 31.9 Å². The topological polar surface area (TPSA) is 66.4 Å². The molecule has 0 radical (unpaired) electrons. The lowest BCUT2D eigenvalue weighted by Crippen LogP contribution is -2.34. The highest BCUT2D eigenvalue weighted by molar-refractivity contribution is 9.11. The number of hydrogen-bond donors (Lipinski definition) is 2. The van der Waals surface area contributed by atoms with E-state index in [0.717, 1.165) is 0 Å². The summed E-state index contributed by atoms with van der Waals surface area (Å²) in [5.74, 6) is -0.00125. The van der Waals surface area contributed by atoms with Crippen molar-refractivity contribution in [2.24, 2.45) is 5.92 Å². The molecule has 0 saturated carbocycles. The van der Waals surface area contributed by atoms with Crippen LogP contribution in [0.2, 0.25) is 0 Å². The average Bonchev–Trinajstić information content (AvgIpc) is 2.29. The van der Waals surface area contributed by atoms with E-state index in [0.29, 0.717) is 8.95 Å². The summed E-state index contributed by atoms with van der Waals surface area (Å²) in [7, 11) is -3.63. The second-order valence-electron chi connectivity index (χ2n) is 4.24. The molecule has 1 aromatic rings. The smallest absolute Gasteiger partial charge is 0.241 e. The van der Waals surface area contributed by atoms with Gasteiger partial charge in [-0.15, -0.1) is 0 Å². The molecule has 1 unspecified atom stereocenters. The van der Waals surface area contributed by atoms with Gasteiger partial charge in [-0.3, -0.25) is 0 Å². The molecule has 1 aromatic carbocycles. The van der Waals surface area contributed by atoms with Crippen LogP contribution in [-0.2, 0) is 10.0 Å². The van der Waals surface area contributed by atoms with Gasteiger partial charge >= 0.3 is 0 Å². The Morgan fingerprint density at radius 2 is 1.94 bits per heavy atom. The number of hydrogen-bond acceptors (Lipinski definition) is 3. The van der Waals surface area contributed by atoms with Crippen molar-refractivity contribution in [3.8, 4) is 0 Å². The standard InChI is InChI=1S/C11H15Br2NO3S/c1-7(2)10(15)6-14-18(16,17)11-5-8(12)3-4-9(11)13/h3-5,7,10,14-15H,6H2,1-2H3. The summed E-state index contributed by atoms with van der Waals surface area (Å²) in [6, 6.07) is 4.90. The van der Waals surface area contributed by atoms with Crippen LogP contribution in [0.25, 0.3) is 0 Å². The number of aliphatic hydroxyl groups is 1. The van der Waals surface area contributed by atoms with E-state index in [2.05, 4.69) is 36.6 Å². The van der Waals surface area contributed by atoms with Gasteiger partial charge in [-0.25, -0.2) is 13.1 Å². The minimum atomic E-state index is -3.63. The van der Waals surface area contributed by atoms with E-state index in [4.69, 9.17) is 0 Å². The number of halogens is 2. The second-order valence-corrected chi connectivity index (χ2v) is 7.74. The number of benzene rings is 1. The maximum Gasteiger partial charge on any atom is 0.241 e. The van der Waals surface area contributed by atoms with E-state index in [9.17, 15) is 13.5 Å². The van der Waals surface area contributed by atoms with Gasteiger partial charge in [-0.1, -0.05) is 29.8 Å². The Bertz CT molecular complexity index is 517. The minimum Gasteiger partial charge on any atom is -0.391 e. The zero-order valence-electron chi connectivity index (χ0n) is 10.0. The zero-order valence-corrected chi connectivity index (χ0v) is 14.0. The van der Waals surface area contributed by atoms with Gasteiger partial charge in [0.25, 0.3) is 0 Å². The van der Waals surface area contributed by atoms with Gasteiger partial charge in [0.15, 0.2) is 0 Å². The molecule has 102 valence electrons. The van der Waals surface area contributed by atoms with Crippen molar-refractivity contribution in [3.63, 3.8) is 0 Å². The first-order valence-electron chi connectivity index (χ1n) is 5.37. The minimum absolute atomic E-state index is 0.00104. The van der Waals surface area contributed by atoms with Gasteiger partial charge in [0, 0.05) is 15.5 Å². The molecular formula is C11H15Br2NO3S. The van der Waals surface area contributed by atoms with Gasteiger partial charge in [0.1, 0.15) is 0 Å². The molecule has 18 heavy (non-hydrogen) atoms. The van der Waals surface area contributed by atoms with Gasteiger partial charge in [-0.05, 0) is 40.0 Å². The lowest BCUT2D eigenvalue weighted by molar-refractivity contribution is 0.129. The van der Waals surface area contributed by atoms with E-state index in [1.54, 1.807) is 12.1 Å². The van der Waals surface area contributed by atoms with Crippen molar-refractivity contribution in [2.75, 3.05) is 6.54 Å². The number of nitrogens with one attached hydrogen (secondary N) is 1. The quantitative estimate of drug-likeness (QED) is 0.797. The van der Waals surface area contributed by atoms with E-state index < -0.39 is 16.1 Å². The summed E-state index contributed by atoms with van der Waals surface area (Å²) in [6.45, 7) is 3.65. The third kappa shape index (κ3) is 4.31. The average molecular weight is 401 g/mol. The molecule has 2 N–H and O–H groups in total. The predicted molar refractivity (Wildman–Crippen MR) is 77.9 cm³/mol. The van der Waals surface area contributed by atoms with Gasteiger partial charge in [0.2, 0.25) is 10.0 Å². The van der Waals surface area contributed by atoms with Crippen molar-refractivity contribution < 1.29 is 13.5 Å². The molecule has 0 bridgehead atoms. The third-order valence-corrected chi connectivity index (χ3v) is 5.35. The summed E-state index contributed by atoms with van der Waals surface area (Å²) in [5, 5.41) is 9.61. The maximum absolute atomic E-state index is 12.1. The fraction of sp³-hybridized carbons (Fsp3) is 0.455. The van der Waals surface area contributed by atoms with E-state index in [1.165, 1.54) is 6.07 Å². The van der Waals surface area contributed by atoms with Crippen molar-refractivity contribution >= 4 is 41.9 Å². The van der Waals surface area contributed by atoms with Crippen LogP contribution < -0.4 is 4.72 Å². The first kappa shape index (κ1) is 16.1. The van der Waals surface area contributed by atoms with Crippen LogP contribution in [0.3, 0.4) is 0 Å². The molecule has 0 aliphatic carbocycles. The van der Waals surface area contributed by atoms with Crippen molar-refractivity contribution in [1.29, 1.82) is 0 Å². The van der Waals surface area contributed by atoms with Crippen LogP contribution in [0, 0.1) is 5.92 Å². The van der Waals surface area contributed by atoms with Crippen LogP contribution in [0.4, 0.5) is 0 Å². The van der Waals surface area contributed by atoms with Gasteiger partial charge in [-0.2, -0.15) is 0 Å². The maximum atomic E-state index is 12.1. The van der Waals surface area contributed by atoms with Crippen LogP contribution in [-0.4, -0.2) is 26.2 Å². The predicted octanol–water partition coefficient (Wildman–Crippen LogP) is 2.51. The van der Waals surface area contributed by atoms with Crippen LogP contribution in [0.1, 0.15) is 13.8 Å². The zero-order chi connectivity index (χ0) is 13.9. The van der Waals surface area contributed by atoms with Gasteiger partial charge < -0.3 is 5.11 Å². The van der Waals surface area contributed by atoms with Crippen molar-refractivity contribution in [3.05, 3.63) is 27.1 Å². The molecule has 0 aliphatic heterocycles. The third-order valence-electron chi connectivity index (χ3n) is 2.43. The van der Waals surface area contributed by atoms with Crippen molar-refractivity contribution in [1.82, 2.24) is 4.72 Å². The molecule has 1 rings (SSSR count). The summed E-state index contributed by atoms with van der Waals surface area (Å²) < 4.78 is 27.7. The Labute approximate surface area is 124 Å². The molecule has 0 amide bonds. The van der Waals surface area contributed by atoms with Crippen LogP contribution in [0.5, 0.6) is 0 Å². The second kappa shape index (κ2) is 6.47. The molecule has 0 aliphatic rings. The van der Waals surface area contributed by atoms with Crippen LogP contribution in [0.15, 0.2) is 32.0 Å². The summed E-state index contributed by atoms with van der Waals surface area (Å²) in [4.78, 5) is 0.146. The monoisotopic (exact) mass is 399 g/mol. The lowest BCUT2D eigenvalue weighted by atomic mass is 10.1. The molecule has 0 aromatic heterocycles. The van der Waals surface area contributed by atoms with Crippen molar-refractivity contribution in [2.45, 2.75) is 24.8 Å². The number of rotatable bonds is 5. The number of aliphatic hydroxyl groups excluding tert-OH is 1. The molecule has 0 heterocycles. The fourth-order valence-electron chi connectivity index (χ4n) is 1.19. The number of sulfonamides is 1. The Hall–Kier alpha value is 0.0500. The Balaban J connectivity index is 2.90. The molecule has 1 atom stereocenters. The molecule has 0 saturated heterocycles. The molecule has 4 nitrogen and oxygen atoms in total. The summed E-state index contributed by atoms with van der Waals surface area (Å²) in [6.07, 6.45) is -0.703. The normalized spacial score (nSPS) is 13.9. The molecule has 0 spiro atoms. The Kier molecular flexibility index (Phi) is 5.79. The first-order valence-corrected chi connectivity index (χ1v) is 8.43. The highest BCUT2D eigenvalue weighted by Crippen LogP contribution is 2.25. The largest absolute Gasteiger partial charge is 0.391 e. The SMILES string of the molecule is CC(C)C(O)CNS(=O)(=O)c1cc(Br)ccc1Br. The van der Waals surface area contributed by atoms with E-state index in [1.807, 2.05) is 13.8 Å². The lowest BCUT2D eigenvalue weighted by Gasteiger charge is -2.15. The highest BCUT2D eigenvalue weighted by Gasteiger charge is 2.20. The highest BCUT2D eigenvalue weighted by atomic mass is 79.9. The van der Waals surface area contributed by atoms with E-state index in [-0.39, 0.29) is 17.4 Å². The summed E-state index contributed by atoms with van der Waals surface area (Å²) in [5.41, 5.74) is 0. The fourth-order valence-corrected chi connectivity index (χ4v) is 3.74. The molecule has 7 heteroatoms. The van der Waals surface area contributed by atoms with Gasteiger partial charge in [0.05, 0.1) is 11.0 Å². The Morgan fingerprint density at radius 3 is 2.50 bits per heavy atom. The molecule has 0 fully saturated rings. The Morgan fingerprint density at radius 1 is 1.33 bits per heavy atom. The molecular weight excluding hydrogens is 386 g/mol. The first-order chi connectivity index (χ1) is 8.24. The summed E-state index contributed by atoms with van der Waals surface area (Å²) >= 11 is 6.43. The van der Waals surface area contributed by atoms with E-state index >= 15 is 0 Å².